The number of hydrogen-bond donors (Lipinski definition) is 1. The second kappa shape index (κ2) is 6.51. The Morgan fingerprint density at radius 1 is 1.10 bits per heavy atom. The topological polar surface area (TPSA) is 12.0 Å². The van der Waals surface area contributed by atoms with Gasteiger partial charge in [-0.1, -0.05) is 60.1 Å². The van der Waals surface area contributed by atoms with E-state index in [4.69, 9.17) is 0 Å². The molecule has 0 aliphatic carbocycles. The average molecular weight is 336 g/mol. The molecule has 0 radical (unpaired) electrons. The maximum absolute atomic E-state index is 13.7. The van der Waals surface area contributed by atoms with Gasteiger partial charge in [-0.3, -0.25) is 0 Å². The molecule has 0 spiro atoms. The highest BCUT2D eigenvalue weighted by molar-refractivity contribution is 9.10. The minimum absolute atomic E-state index is 0.0176. The van der Waals surface area contributed by atoms with Gasteiger partial charge in [0.25, 0.3) is 0 Å². The second-order valence-electron chi connectivity index (χ2n) is 5.59. The molecule has 0 aliphatic heterocycles. The van der Waals surface area contributed by atoms with Crippen molar-refractivity contribution in [3.63, 3.8) is 0 Å². The molecule has 0 amide bonds. The third-order valence-corrected chi connectivity index (χ3v) is 3.94. The Kier molecular flexibility index (Phi) is 4.95. The van der Waals surface area contributed by atoms with Crippen LogP contribution < -0.4 is 5.32 Å². The van der Waals surface area contributed by atoms with Gasteiger partial charge in [0.2, 0.25) is 0 Å². The average Bonchev–Trinajstić information content (AvgIpc) is 2.43. The first-order valence-corrected chi connectivity index (χ1v) is 7.48. The molecule has 0 aromatic heterocycles. The van der Waals surface area contributed by atoms with Gasteiger partial charge in [0.15, 0.2) is 0 Å². The summed E-state index contributed by atoms with van der Waals surface area (Å²) in [4.78, 5) is 0. The fourth-order valence-electron chi connectivity index (χ4n) is 2.18. The number of benzene rings is 2. The highest BCUT2D eigenvalue weighted by atomic mass is 79.9. The standard InChI is InChI=1S/C17H19BrFN/c1-17(2,14-6-4-3-5-7-14)12-20-11-13-10-15(18)8-9-16(13)19/h3-10,20H,11-12H2,1-2H3. The largest absolute Gasteiger partial charge is 0.312 e. The second-order valence-corrected chi connectivity index (χ2v) is 6.50. The molecule has 3 heteroatoms. The number of rotatable bonds is 5. The molecule has 1 nitrogen and oxygen atoms in total. The lowest BCUT2D eigenvalue weighted by Gasteiger charge is -2.26. The summed E-state index contributed by atoms with van der Waals surface area (Å²) in [6, 6.07) is 15.4. The first-order valence-electron chi connectivity index (χ1n) is 6.69. The van der Waals surface area contributed by atoms with Crippen molar-refractivity contribution >= 4 is 15.9 Å². The molecule has 0 aliphatic rings. The van der Waals surface area contributed by atoms with E-state index in [0.717, 1.165) is 11.0 Å². The molecular weight excluding hydrogens is 317 g/mol. The van der Waals surface area contributed by atoms with E-state index in [1.54, 1.807) is 6.07 Å². The van der Waals surface area contributed by atoms with E-state index in [0.29, 0.717) is 12.1 Å². The third-order valence-electron chi connectivity index (χ3n) is 3.45. The van der Waals surface area contributed by atoms with E-state index in [2.05, 4.69) is 47.2 Å². The zero-order valence-electron chi connectivity index (χ0n) is 11.8. The van der Waals surface area contributed by atoms with Crippen molar-refractivity contribution in [1.29, 1.82) is 0 Å². The Labute approximate surface area is 128 Å². The summed E-state index contributed by atoms with van der Waals surface area (Å²) in [5.74, 6) is -0.168. The van der Waals surface area contributed by atoms with Crippen molar-refractivity contribution in [3.05, 3.63) is 69.9 Å². The van der Waals surface area contributed by atoms with Crippen LogP contribution in [0.1, 0.15) is 25.0 Å². The van der Waals surface area contributed by atoms with Gasteiger partial charge >= 0.3 is 0 Å². The zero-order chi connectivity index (χ0) is 14.6. The molecule has 0 fully saturated rings. The van der Waals surface area contributed by atoms with Crippen LogP contribution in [0.3, 0.4) is 0 Å². The quantitative estimate of drug-likeness (QED) is 0.838. The van der Waals surface area contributed by atoms with Crippen molar-refractivity contribution in [2.45, 2.75) is 25.8 Å². The minimum atomic E-state index is -0.168. The Balaban J connectivity index is 1.97. The van der Waals surface area contributed by atoms with Gasteiger partial charge in [0.05, 0.1) is 0 Å². The highest BCUT2D eigenvalue weighted by Crippen LogP contribution is 2.22. The summed E-state index contributed by atoms with van der Waals surface area (Å²) < 4.78 is 14.6. The molecule has 0 unspecified atom stereocenters. The van der Waals surface area contributed by atoms with Gasteiger partial charge in [0, 0.05) is 28.5 Å². The van der Waals surface area contributed by atoms with E-state index in [1.807, 2.05) is 24.3 Å². The normalized spacial score (nSPS) is 11.6. The molecule has 20 heavy (non-hydrogen) atoms. The summed E-state index contributed by atoms with van der Waals surface area (Å²) in [5, 5.41) is 3.35. The van der Waals surface area contributed by atoms with Crippen LogP contribution in [0, 0.1) is 5.82 Å². The predicted octanol–water partition coefficient (Wildman–Crippen LogP) is 4.66. The smallest absolute Gasteiger partial charge is 0.127 e. The lowest BCUT2D eigenvalue weighted by molar-refractivity contribution is 0.463. The number of nitrogens with one attached hydrogen (secondary N) is 1. The van der Waals surface area contributed by atoms with Gasteiger partial charge in [-0.25, -0.2) is 4.39 Å². The Morgan fingerprint density at radius 2 is 1.80 bits per heavy atom. The first kappa shape index (κ1) is 15.2. The lowest BCUT2D eigenvalue weighted by atomic mass is 9.84. The molecule has 0 bridgehead atoms. The SMILES string of the molecule is CC(C)(CNCc1cc(Br)ccc1F)c1ccccc1. The molecule has 2 aromatic carbocycles. The highest BCUT2D eigenvalue weighted by Gasteiger charge is 2.19. The van der Waals surface area contributed by atoms with Gasteiger partial charge < -0.3 is 5.32 Å². The summed E-state index contributed by atoms with van der Waals surface area (Å²) in [7, 11) is 0. The Hall–Kier alpha value is -1.19. The van der Waals surface area contributed by atoms with Crippen molar-refractivity contribution < 1.29 is 4.39 Å². The Morgan fingerprint density at radius 3 is 2.50 bits per heavy atom. The molecule has 0 atom stereocenters. The van der Waals surface area contributed by atoms with Crippen molar-refractivity contribution in [1.82, 2.24) is 5.32 Å². The van der Waals surface area contributed by atoms with Crippen molar-refractivity contribution in [2.75, 3.05) is 6.54 Å². The van der Waals surface area contributed by atoms with Crippen molar-refractivity contribution in [2.24, 2.45) is 0 Å². The summed E-state index contributed by atoms with van der Waals surface area (Å²) in [6.07, 6.45) is 0. The maximum atomic E-state index is 13.7. The van der Waals surface area contributed by atoms with Gasteiger partial charge in [-0.05, 0) is 23.8 Å². The number of halogens is 2. The van der Waals surface area contributed by atoms with E-state index in [1.165, 1.54) is 11.6 Å². The molecule has 0 saturated carbocycles. The molecule has 106 valence electrons. The molecule has 2 rings (SSSR count). The summed E-state index contributed by atoms with van der Waals surface area (Å²) in [6.45, 7) is 5.70. The minimum Gasteiger partial charge on any atom is -0.312 e. The van der Waals surface area contributed by atoms with Crippen LogP contribution >= 0.6 is 15.9 Å². The fraction of sp³-hybridized carbons (Fsp3) is 0.294. The van der Waals surface area contributed by atoms with Gasteiger partial charge in [-0.15, -0.1) is 0 Å². The first-order chi connectivity index (χ1) is 9.49. The maximum Gasteiger partial charge on any atom is 0.127 e. The van der Waals surface area contributed by atoms with Crippen LogP contribution in [0.2, 0.25) is 0 Å². The van der Waals surface area contributed by atoms with E-state index >= 15 is 0 Å². The molecular formula is C17H19BrFN. The lowest BCUT2D eigenvalue weighted by Crippen LogP contribution is -2.32. The summed E-state index contributed by atoms with van der Waals surface area (Å²) in [5.41, 5.74) is 1.98. The van der Waals surface area contributed by atoms with Gasteiger partial charge in [-0.2, -0.15) is 0 Å². The van der Waals surface area contributed by atoms with Crippen LogP contribution in [0.5, 0.6) is 0 Å². The Bertz CT molecular complexity index is 566. The van der Waals surface area contributed by atoms with E-state index < -0.39 is 0 Å². The number of hydrogen-bond acceptors (Lipinski definition) is 1. The van der Waals surface area contributed by atoms with Crippen molar-refractivity contribution in [3.8, 4) is 0 Å². The fourth-order valence-corrected chi connectivity index (χ4v) is 2.59. The molecule has 2 aromatic rings. The van der Waals surface area contributed by atoms with E-state index in [-0.39, 0.29) is 11.2 Å². The molecule has 0 saturated heterocycles. The van der Waals surface area contributed by atoms with Crippen LogP contribution in [0.4, 0.5) is 4.39 Å². The van der Waals surface area contributed by atoms with E-state index in [9.17, 15) is 4.39 Å². The molecule has 1 N–H and O–H groups in total. The van der Waals surface area contributed by atoms with Gasteiger partial charge in [0.1, 0.15) is 5.82 Å². The zero-order valence-corrected chi connectivity index (χ0v) is 13.4. The van der Waals surface area contributed by atoms with Crippen LogP contribution in [0.25, 0.3) is 0 Å². The van der Waals surface area contributed by atoms with Crippen LogP contribution in [0.15, 0.2) is 53.0 Å². The molecule has 0 heterocycles. The summed E-state index contributed by atoms with van der Waals surface area (Å²) >= 11 is 3.37. The van der Waals surface area contributed by atoms with Crippen LogP contribution in [-0.2, 0) is 12.0 Å². The van der Waals surface area contributed by atoms with Crippen LogP contribution in [-0.4, -0.2) is 6.54 Å². The monoisotopic (exact) mass is 335 g/mol. The predicted molar refractivity (Wildman–Crippen MR) is 85.3 cm³/mol. The third kappa shape index (κ3) is 3.90.